The molecule has 0 amide bonds. The maximum absolute atomic E-state index is 4.69. The standard InChI is InChI=1S/C23H19N7S/c1-16(27-29-23-25-19-12-6-8-14-21(19)31-23)26-28-22-24-18-11-5-7-13-20(18)30(22)15-17-9-3-2-4-10-17/h2-14H,15H2,1H3,(H,24,28)/b26-16-,29-27?. The molecule has 0 aliphatic heterocycles. The van der Waals surface area contributed by atoms with Crippen molar-refractivity contribution in [2.45, 2.75) is 13.5 Å². The Labute approximate surface area is 182 Å². The van der Waals surface area contributed by atoms with Crippen LogP contribution in [0.2, 0.25) is 0 Å². The van der Waals surface area contributed by atoms with Gasteiger partial charge in [-0.1, -0.05) is 65.9 Å². The van der Waals surface area contributed by atoms with Gasteiger partial charge < -0.3 is 4.57 Å². The van der Waals surface area contributed by atoms with Gasteiger partial charge in [-0.3, -0.25) is 0 Å². The number of amidine groups is 1. The molecule has 0 aliphatic carbocycles. The van der Waals surface area contributed by atoms with E-state index in [1.807, 2.05) is 60.7 Å². The van der Waals surface area contributed by atoms with Crippen molar-refractivity contribution in [1.82, 2.24) is 14.5 Å². The molecule has 5 rings (SSSR count). The lowest BCUT2D eigenvalue weighted by Gasteiger charge is -2.08. The second kappa shape index (κ2) is 8.45. The Morgan fingerprint density at radius 1 is 0.903 bits per heavy atom. The summed E-state index contributed by atoms with van der Waals surface area (Å²) in [4.78, 5) is 9.15. The van der Waals surface area contributed by atoms with Crippen LogP contribution in [0.25, 0.3) is 21.3 Å². The van der Waals surface area contributed by atoms with E-state index in [2.05, 4.69) is 48.5 Å². The first-order valence-electron chi connectivity index (χ1n) is 9.83. The van der Waals surface area contributed by atoms with E-state index >= 15 is 0 Å². The molecular formula is C23H19N7S. The third-order valence-corrected chi connectivity index (χ3v) is 5.64. The molecule has 0 spiro atoms. The van der Waals surface area contributed by atoms with Crippen LogP contribution in [0.15, 0.2) is 94.2 Å². The summed E-state index contributed by atoms with van der Waals surface area (Å²) in [7, 11) is 0. The Bertz CT molecular complexity index is 1370. The highest BCUT2D eigenvalue weighted by molar-refractivity contribution is 7.21. The number of fused-ring (bicyclic) bond motifs is 2. The minimum atomic E-state index is 0.484. The van der Waals surface area contributed by atoms with Crippen LogP contribution in [-0.2, 0) is 6.54 Å². The highest BCUT2D eigenvalue weighted by atomic mass is 32.1. The molecule has 0 unspecified atom stereocenters. The Hall–Kier alpha value is -3.91. The Morgan fingerprint density at radius 2 is 1.65 bits per heavy atom. The number of azo groups is 1. The zero-order chi connectivity index (χ0) is 21.0. The van der Waals surface area contributed by atoms with Crippen LogP contribution in [0.3, 0.4) is 0 Å². The van der Waals surface area contributed by atoms with Gasteiger partial charge in [0.15, 0.2) is 5.84 Å². The number of para-hydroxylation sites is 3. The van der Waals surface area contributed by atoms with Crippen LogP contribution >= 0.6 is 11.3 Å². The second-order valence-corrected chi connectivity index (χ2v) is 7.94. The van der Waals surface area contributed by atoms with Crippen molar-refractivity contribution >= 4 is 49.5 Å². The summed E-state index contributed by atoms with van der Waals surface area (Å²) < 4.78 is 3.19. The summed E-state index contributed by atoms with van der Waals surface area (Å²) in [6, 6.07) is 26.2. The topological polar surface area (TPSA) is 79.8 Å². The third-order valence-electron chi connectivity index (χ3n) is 4.72. The van der Waals surface area contributed by atoms with E-state index < -0.39 is 0 Å². The average Bonchev–Trinajstić information content (AvgIpc) is 3.38. The van der Waals surface area contributed by atoms with Crippen molar-refractivity contribution in [1.29, 1.82) is 0 Å². The second-order valence-electron chi connectivity index (χ2n) is 6.93. The number of nitrogens with one attached hydrogen (secondary N) is 1. The highest BCUT2D eigenvalue weighted by Crippen LogP contribution is 2.27. The van der Waals surface area contributed by atoms with Crippen molar-refractivity contribution in [2.24, 2.45) is 15.3 Å². The van der Waals surface area contributed by atoms with Crippen LogP contribution in [0, 0.1) is 0 Å². The predicted molar refractivity (Wildman–Crippen MR) is 126 cm³/mol. The zero-order valence-electron chi connectivity index (χ0n) is 16.8. The van der Waals surface area contributed by atoms with Crippen molar-refractivity contribution in [3.63, 3.8) is 0 Å². The molecule has 5 aromatic rings. The van der Waals surface area contributed by atoms with Crippen LogP contribution in [0.5, 0.6) is 0 Å². The molecular weight excluding hydrogens is 406 g/mol. The minimum absolute atomic E-state index is 0.484. The SMILES string of the molecule is C/C(N=Nc1nc2ccccc2s1)=N/Nc1nc2ccccc2n1Cc1ccccc1. The van der Waals surface area contributed by atoms with E-state index in [0.29, 0.717) is 23.5 Å². The lowest BCUT2D eigenvalue weighted by atomic mass is 10.2. The Balaban J connectivity index is 1.39. The predicted octanol–water partition coefficient (Wildman–Crippen LogP) is 6.22. The fourth-order valence-corrected chi connectivity index (χ4v) is 4.05. The largest absolute Gasteiger partial charge is 0.304 e. The monoisotopic (exact) mass is 425 g/mol. The number of hydrazone groups is 1. The van der Waals surface area contributed by atoms with E-state index in [4.69, 9.17) is 4.98 Å². The third kappa shape index (κ3) is 4.19. The van der Waals surface area contributed by atoms with Crippen LogP contribution < -0.4 is 5.43 Å². The summed E-state index contributed by atoms with van der Waals surface area (Å²) >= 11 is 1.50. The molecule has 0 atom stereocenters. The fourth-order valence-electron chi connectivity index (χ4n) is 3.26. The first-order valence-corrected chi connectivity index (χ1v) is 10.6. The first kappa shape index (κ1) is 19.1. The molecule has 0 aliphatic rings. The number of anilines is 1. The smallest absolute Gasteiger partial charge is 0.231 e. The van der Waals surface area contributed by atoms with Gasteiger partial charge in [0.2, 0.25) is 11.1 Å². The van der Waals surface area contributed by atoms with Gasteiger partial charge in [-0.05, 0) is 36.8 Å². The van der Waals surface area contributed by atoms with E-state index in [1.54, 1.807) is 6.92 Å². The first-order chi connectivity index (χ1) is 15.3. The molecule has 0 saturated carbocycles. The van der Waals surface area contributed by atoms with Gasteiger partial charge in [0.25, 0.3) is 0 Å². The van der Waals surface area contributed by atoms with Crippen molar-refractivity contribution in [3.05, 3.63) is 84.4 Å². The number of nitrogens with zero attached hydrogens (tertiary/aromatic N) is 6. The normalized spacial score (nSPS) is 12.2. The van der Waals surface area contributed by atoms with Gasteiger partial charge in [-0.25, -0.2) is 15.4 Å². The highest BCUT2D eigenvalue weighted by Gasteiger charge is 2.10. The molecule has 0 saturated heterocycles. The number of hydrogen-bond donors (Lipinski definition) is 1. The molecule has 2 heterocycles. The number of aromatic nitrogens is 3. The fraction of sp³-hybridized carbons (Fsp3) is 0.0870. The zero-order valence-corrected chi connectivity index (χ0v) is 17.6. The van der Waals surface area contributed by atoms with Crippen LogP contribution in [0.1, 0.15) is 12.5 Å². The number of imidazole rings is 1. The summed E-state index contributed by atoms with van der Waals surface area (Å²) in [5, 5.41) is 13.4. The number of benzene rings is 3. The Kier molecular flexibility index (Phi) is 5.20. The minimum Gasteiger partial charge on any atom is -0.304 e. The van der Waals surface area contributed by atoms with Crippen molar-refractivity contribution < 1.29 is 0 Å². The van der Waals surface area contributed by atoms with Gasteiger partial charge in [-0.2, -0.15) is 5.10 Å². The van der Waals surface area contributed by atoms with Crippen molar-refractivity contribution in [2.75, 3.05) is 5.43 Å². The van der Waals surface area contributed by atoms with E-state index in [9.17, 15) is 0 Å². The molecule has 0 radical (unpaired) electrons. The van der Waals surface area contributed by atoms with Crippen molar-refractivity contribution in [3.8, 4) is 0 Å². The molecule has 3 aromatic carbocycles. The molecule has 7 nitrogen and oxygen atoms in total. The lowest BCUT2D eigenvalue weighted by molar-refractivity contribution is 0.827. The average molecular weight is 426 g/mol. The Morgan fingerprint density at radius 3 is 2.48 bits per heavy atom. The number of hydrogen-bond acceptors (Lipinski definition) is 6. The summed E-state index contributed by atoms with van der Waals surface area (Å²) in [5.41, 5.74) is 7.11. The quantitative estimate of drug-likeness (QED) is 0.157. The van der Waals surface area contributed by atoms with E-state index in [-0.39, 0.29) is 0 Å². The molecule has 152 valence electrons. The number of thiazole rings is 1. The maximum Gasteiger partial charge on any atom is 0.231 e. The van der Waals surface area contributed by atoms with Crippen LogP contribution in [-0.4, -0.2) is 20.4 Å². The molecule has 1 N–H and O–H groups in total. The van der Waals surface area contributed by atoms with Crippen LogP contribution in [0.4, 0.5) is 11.1 Å². The molecule has 0 bridgehead atoms. The summed E-state index contributed by atoms with van der Waals surface area (Å²) in [6.45, 7) is 2.47. The molecule has 2 aromatic heterocycles. The van der Waals surface area contributed by atoms with Gasteiger partial charge in [0.1, 0.15) is 0 Å². The lowest BCUT2D eigenvalue weighted by Crippen LogP contribution is -2.06. The number of rotatable bonds is 5. The maximum atomic E-state index is 4.69. The van der Waals surface area contributed by atoms with E-state index in [0.717, 1.165) is 21.3 Å². The van der Waals surface area contributed by atoms with Gasteiger partial charge in [-0.15, -0.1) is 10.2 Å². The molecule has 31 heavy (non-hydrogen) atoms. The summed E-state index contributed by atoms with van der Waals surface area (Å²) in [6.07, 6.45) is 0. The van der Waals surface area contributed by atoms with Gasteiger partial charge in [0, 0.05) is 0 Å². The summed E-state index contributed by atoms with van der Waals surface area (Å²) in [5.74, 6) is 1.14. The van der Waals surface area contributed by atoms with Gasteiger partial charge >= 0.3 is 0 Å². The van der Waals surface area contributed by atoms with Gasteiger partial charge in [0.05, 0.1) is 27.8 Å². The van der Waals surface area contributed by atoms with E-state index in [1.165, 1.54) is 16.9 Å². The molecule has 8 heteroatoms. The molecule has 0 fully saturated rings.